The van der Waals surface area contributed by atoms with E-state index >= 15 is 0 Å². The zero-order chi connectivity index (χ0) is 25.7. The maximum Gasteiger partial charge on any atom is 0.326 e. The van der Waals surface area contributed by atoms with E-state index in [0.29, 0.717) is 19.4 Å². The number of nitrogens with one attached hydrogen (secondary N) is 4. The zero-order valence-corrected chi connectivity index (χ0v) is 19.6. The summed E-state index contributed by atoms with van der Waals surface area (Å²) in [6.45, 7) is 0.915. The first-order chi connectivity index (χ1) is 16.0. The number of thiol groups is 1. The molecule has 0 aromatic rings. The molecule has 0 aliphatic carbocycles. The van der Waals surface area contributed by atoms with E-state index in [1.165, 1.54) is 0 Å². The molecule has 10 N–H and O–H groups in total. The van der Waals surface area contributed by atoms with Gasteiger partial charge in [0.25, 0.3) is 0 Å². The SMILES string of the molecule is NC(N)=NCCCC(NC(=O)C1CCCN1)C(=O)NC(CS)C(=O)NC(CCC(=O)O)C(=O)O. The van der Waals surface area contributed by atoms with E-state index in [4.69, 9.17) is 16.6 Å². The summed E-state index contributed by atoms with van der Waals surface area (Å²) in [6.07, 6.45) is 1.20. The van der Waals surface area contributed by atoms with Gasteiger partial charge in [0, 0.05) is 18.7 Å². The van der Waals surface area contributed by atoms with Gasteiger partial charge in [0.2, 0.25) is 17.7 Å². The molecule has 0 spiro atoms. The second kappa shape index (κ2) is 15.0. The Kier molecular flexibility index (Phi) is 12.7. The molecule has 1 fully saturated rings. The molecule has 4 atom stereocenters. The minimum Gasteiger partial charge on any atom is -0.481 e. The van der Waals surface area contributed by atoms with Gasteiger partial charge in [-0.15, -0.1) is 0 Å². The number of hydrogen-bond donors (Lipinski definition) is 9. The Bertz CT molecular complexity index is 770. The summed E-state index contributed by atoms with van der Waals surface area (Å²) in [6, 6.07) is -4.10. The Morgan fingerprint density at radius 2 is 1.65 bits per heavy atom. The van der Waals surface area contributed by atoms with Crippen LogP contribution in [-0.4, -0.2) is 88.8 Å². The Balaban J connectivity index is 2.82. The number of aliphatic imine (C=N–C) groups is 1. The van der Waals surface area contributed by atoms with Gasteiger partial charge in [-0.3, -0.25) is 24.2 Å². The van der Waals surface area contributed by atoms with Crippen molar-refractivity contribution in [3.63, 3.8) is 0 Å². The van der Waals surface area contributed by atoms with Crippen LogP contribution in [-0.2, 0) is 24.0 Å². The fourth-order valence-electron chi connectivity index (χ4n) is 3.22. The van der Waals surface area contributed by atoms with Gasteiger partial charge >= 0.3 is 11.9 Å². The summed E-state index contributed by atoms with van der Waals surface area (Å²) in [5, 5.41) is 28.3. The number of carbonyl (C=O) groups excluding carboxylic acids is 3. The fraction of sp³-hybridized carbons (Fsp3) is 0.684. The van der Waals surface area contributed by atoms with E-state index in [9.17, 15) is 29.1 Å². The molecule has 4 unspecified atom stereocenters. The highest BCUT2D eigenvalue weighted by atomic mass is 32.1. The molecule has 1 aliphatic rings. The average molecular weight is 504 g/mol. The van der Waals surface area contributed by atoms with Crippen LogP contribution in [0, 0.1) is 0 Å². The fourth-order valence-corrected chi connectivity index (χ4v) is 3.47. The molecule has 0 aromatic carbocycles. The molecular formula is C19H33N7O7S. The minimum absolute atomic E-state index is 0.108. The Morgan fingerprint density at radius 3 is 2.18 bits per heavy atom. The third-order valence-electron chi connectivity index (χ3n) is 5.03. The molecule has 14 nitrogen and oxygen atoms in total. The minimum atomic E-state index is -1.45. The van der Waals surface area contributed by atoms with Crippen molar-refractivity contribution >= 4 is 48.2 Å². The molecule has 0 saturated carbocycles. The van der Waals surface area contributed by atoms with Gasteiger partial charge in [-0.25, -0.2) is 4.79 Å². The molecule has 0 radical (unpaired) electrons. The van der Waals surface area contributed by atoms with Crippen molar-refractivity contribution < 1.29 is 34.2 Å². The quantitative estimate of drug-likeness (QED) is 0.0479. The number of nitrogens with two attached hydrogens (primary N) is 2. The van der Waals surface area contributed by atoms with Crippen molar-refractivity contribution in [3.05, 3.63) is 0 Å². The summed E-state index contributed by atoms with van der Waals surface area (Å²) >= 11 is 4.05. The topological polar surface area (TPSA) is 238 Å². The zero-order valence-electron chi connectivity index (χ0n) is 18.7. The van der Waals surface area contributed by atoms with Crippen LogP contribution >= 0.6 is 12.6 Å². The van der Waals surface area contributed by atoms with Crippen LogP contribution in [0.2, 0.25) is 0 Å². The van der Waals surface area contributed by atoms with Gasteiger partial charge in [0.15, 0.2) is 5.96 Å². The number of carbonyl (C=O) groups is 5. The number of rotatable bonds is 15. The number of amides is 3. The summed E-state index contributed by atoms with van der Waals surface area (Å²) < 4.78 is 0. The lowest BCUT2D eigenvalue weighted by molar-refractivity contribution is -0.143. The first-order valence-electron chi connectivity index (χ1n) is 10.8. The number of hydrogen-bond acceptors (Lipinski definition) is 8. The van der Waals surface area contributed by atoms with Crippen LogP contribution in [0.5, 0.6) is 0 Å². The van der Waals surface area contributed by atoms with Crippen molar-refractivity contribution in [2.24, 2.45) is 16.5 Å². The molecule has 34 heavy (non-hydrogen) atoms. The molecular weight excluding hydrogens is 470 g/mol. The van der Waals surface area contributed by atoms with Crippen LogP contribution in [0.3, 0.4) is 0 Å². The van der Waals surface area contributed by atoms with Crippen molar-refractivity contribution in [2.45, 2.75) is 62.7 Å². The predicted octanol–water partition coefficient (Wildman–Crippen LogP) is -2.87. The smallest absolute Gasteiger partial charge is 0.326 e. The highest BCUT2D eigenvalue weighted by molar-refractivity contribution is 7.80. The van der Waals surface area contributed by atoms with Crippen LogP contribution in [0.25, 0.3) is 0 Å². The second-order valence-electron chi connectivity index (χ2n) is 7.73. The lowest BCUT2D eigenvalue weighted by Crippen LogP contribution is -2.57. The number of carboxylic acid groups (broad SMARTS) is 2. The van der Waals surface area contributed by atoms with Crippen LogP contribution in [0.4, 0.5) is 0 Å². The summed E-state index contributed by atoms with van der Waals surface area (Å²) in [4.78, 5) is 63.8. The molecule has 1 aliphatic heterocycles. The lowest BCUT2D eigenvalue weighted by atomic mass is 10.1. The number of aliphatic carboxylic acids is 2. The number of carboxylic acids is 2. The van der Waals surface area contributed by atoms with Gasteiger partial charge in [-0.2, -0.15) is 12.6 Å². The molecule has 0 bridgehead atoms. The summed E-state index contributed by atoms with van der Waals surface area (Å²) in [7, 11) is 0. The Labute approximate surface area is 202 Å². The van der Waals surface area contributed by atoms with Gasteiger partial charge < -0.3 is 42.9 Å². The van der Waals surface area contributed by atoms with Crippen LogP contribution in [0.1, 0.15) is 38.5 Å². The first kappa shape index (κ1) is 29.0. The molecule has 0 aromatic heterocycles. The maximum absolute atomic E-state index is 12.9. The predicted molar refractivity (Wildman–Crippen MR) is 125 cm³/mol. The molecule has 3 amide bonds. The largest absolute Gasteiger partial charge is 0.481 e. The van der Waals surface area contributed by atoms with E-state index in [-0.39, 0.29) is 37.0 Å². The van der Waals surface area contributed by atoms with Crippen LogP contribution < -0.4 is 32.7 Å². The van der Waals surface area contributed by atoms with E-state index in [2.05, 4.69) is 38.9 Å². The number of guanidine groups is 1. The van der Waals surface area contributed by atoms with Crippen molar-refractivity contribution in [2.75, 3.05) is 18.8 Å². The Hall–Kier alpha value is -3.07. The summed E-state index contributed by atoms with van der Waals surface area (Å²) in [5.41, 5.74) is 10.6. The lowest BCUT2D eigenvalue weighted by Gasteiger charge is -2.24. The normalized spacial score (nSPS) is 17.6. The standard InChI is InChI=1S/C19H33N7O7S/c20-19(21)23-8-2-4-11(24-15(29)10-3-1-7-22-10)16(30)26-13(9-34)17(31)25-12(18(32)33)5-6-14(27)28/h10-13,22,34H,1-9H2,(H,24,29)(H,25,31)(H,26,30)(H,27,28)(H,32,33)(H4,20,21,23). The van der Waals surface area contributed by atoms with Crippen molar-refractivity contribution in [3.8, 4) is 0 Å². The van der Waals surface area contributed by atoms with Gasteiger partial charge in [0.05, 0.1) is 6.04 Å². The summed E-state index contributed by atoms with van der Waals surface area (Å²) in [5.74, 6) is -4.76. The van der Waals surface area contributed by atoms with Crippen molar-refractivity contribution in [1.29, 1.82) is 0 Å². The third kappa shape index (κ3) is 10.7. The Morgan fingerprint density at radius 1 is 1.00 bits per heavy atom. The molecule has 1 heterocycles. The van der Waals surface area contributed by atoms with Gasteiger partial charge in [-0.1, -0.05) is 0 Å². The van der Waals surface area contributed by atoms with Gasteiger partial charge in [-0.05, 0) is 38.6 Å². The van der Waals surface area contributed by atoms with E-state index in [1.54, 1.807) is 0 Å². The monoisotopic (exact) mass is 503 g/mol. The second-order valence-corrected chi connectivity index (χ2v) is 8.10. The number of nitrogens with zero attached hydrogens (tertiary/aromatic N) is 1. The third-order valence-corrected chi connectivity index (χ3v) is 5.40. The van der Waals surface area contributed by atoms with E-state index in [0.717, 1.165) is 6.42 Å². The average Bonchev–Trinajstić information content (AvgIpc) is 3.31. The molecule has 192 valence electrons. The van der Waals surface area contributed by atoms with Crippen molar-refractivity contribution in [1.82, 2.24) is 21.3 Å². The van der Waals surface area contributed by atoms with E-state index < -0.39 is 54.3 Å². The maximum atomic E-state index is 12.9. The van der Waals surface area contributed by atoms with Crippen LogP contribution in [0.15, 0.2) is 4.99 Å². The highest BCUT2D eigenvalue weighted by Crippen LogP contribution is 2.07. The molecule has 15 heteroatoms. The van der Waals surface area contributed by atoms with Gasteiger partial charge in [0.1, 0.15) is 18.1 Å². The van der Waals surface area contributed by atoms with E-state index in [1.807, 2.05) is 0 Å². The first-order valence-corrected chi connectivity index (χ1v) is 11.4. The molecule has 1 rings (SSSR count). The highest BCUT2D eigenvalue weighted by Gasteiger charge is 2.31. The molecule has 1 saturated heterocycles.